The van der Waals surface area contributed by atoms with Crippen LogP contribution in [-0.4, -0.2) is 42.8 Å². The number of tetrazole rings is 1. The Bertz CT molecular complexity index is 1080. The lowest BCUT2D eigenvalue weighted by atomic mass is 9.82. The smallest absolute Gasteiger partial charge is 0.270 e. The van der Waals surface area contributed by atoms with E-state index in [0.29, 0.717) is 35.6 Å². The van der Waals surface area contributed by atoms with Gasteiger partial charge in [0.25, 0.3) is 5.91 Å². The quantitative estimate of drug-likeness (QED) is 0.515. The average molecular weight is 499 g/mol. The molecule has 0 saturated heterocycles. The topological polar surface area (TPSA) is 106 Å². The number of nitrogens with one attached hydrogen (secondary N) is 1. The number of nitrogens with zero attached hydrogens (tertiary/aromatic N) is 5. The van der Waals surface area contributed by atoms with Crippen LogP contribution in [0.4, 0.5) is 0 Å². The molecule has 2 heterocycles. The van der Waals surface area contributed by atoms with Crippen molar-refractivity contribution in [3.05, 3.63) is 57.8 Å². The van der Waals surface area contributed by atoms with Crippen molar-refractivity contribution >= 4 is 21.8 Å². The Morgan fingerprint density at radius 3 is 2.72 bits per heavy atom. The van der Waals surface area contributed by atoms with E-state index in [0.717, 1.165) is 47.8 Å². The number of halogens is 1. The molecule has 1 saturated carbocycles. The molecular formula is C23H27BrN6O2. The molecule has 1 aliphatic carbocycles. The minimum absolute atomic E-state index is 0.247. The van der Waals surface area contributed by atoms with Crippen molar-refractivity contribution in [3.63, 3.8) is 0 Å². The molecule has 8 nitrogen and oxygen atoms in total. The number of aromatic nitrogens is 5. The predicted octanol–water partition coefficient (Wildman–Crippen LogP) is 3.53. The minimum Gasteiger partial charge on any atom is -0.396 e. The van der Waals surface area contributed by atoms with Crippen molar-refractivity contribution in [1.82, 2.24) is 30.5 Å². The third-order valence-corrected chi connectivity index (χ3v) is 6.38. The Morgan fingerprint density at radius 1 is 1.19 bits per heavy atom. The monoisotopic (exact) mass is 498 g/mol. The molecule has 0 atom stereocenters. The van der Waals surface area contributed by atoms with E-state index in [1.165, 1.54) is 0 Å². The Morgan fingerprint density at radius 2 is 1.97 bits per heavy atom. The maximum atomic E-state index is 12.7. The minimum atomic E-state index is -0.247. The fourth-order valence-corrected chi connectivity index (χ4v) is 4.54. The Labute approximate surface area is 195 Å². The van der Waals surface area contributed by atoms with Crippen LogP contribution in [0, 0.1) is 18.8 Å². The fourth-order valence-electron chi connectivity index (χ4n) is 4.10. The van der Waals surface area contributed by atoms with Crippen LogP contribution in [0.15, 0.2) is 40.9 Å². The van der Waals surface area contributed by atoms with Gasteiger partial charge in [0.05, 0.1) is 6.54 Å². The summed E-state index contributed by atoms with van der Waals surface area (Å²) in [5, 5.41) is 25.2. The van der Waals surface area contributed by atoms with E-state index in [9.17, 15) is 9.90 Å². The zero-order valence-corrected chi connectivity index (χ0v) is 19.6. The van der Waals surface area contributed by atoms with Gasteiger partial charge in [-0.2, -0.15) is 4.80 Å². The first kappa shape index (κ1) is 22.5. The number of carbonyl (C=O) groups excluding carboxylic acids is 1. The molecule has 0 radical (unpaired) electrons. The number of aliphatic hydroxyl groups excluding tert-OH is 1. The molecule has 4 rings (SSSR count). The number of rotatable bonds is 7. The molecule has 1 aromatic carbocycles. The van der Waals surface area contributed by atoms with E-state index in [2.05, 4.69) is 41.6 Å². The van der Waals surface area contributed by atoms with Crippen molar-refractivity contribution < 1.29 is 9.90 Å². The van der Waals surface area contributed by atoms with Gasteiger partial charge >= 0.3 is 0 Å². The molecule has 3 aromatic rings. The summed E-state index contributed by atoms with van der Waals surface area (Å²) in [7, 11) is 0. The SMILES string of the molecule is Cc1cc(-c2nnn(C[C@H]3CC[C@H](CO)CC3)n2)cc(C(=O)NCc2cccc(Br)c2)n1. The van der Waals surface area contributed by atoms with Gasteiger partial charge in [0, 0.05) is 28.9 Å². The summed E-state index contributed by atoms with van der Waals surface area (Å²) in [6.45, 7) is 3.25. The number of hydrogen-bond acceptors (Lipinski definition) is 6. The molecule has 0 spiro atoms. The third-order valence-electron chi connectivity index (χ3n) is 5.89. The summed E-state index contributed by atoms with van der Waals surface area (Å²) in [6, 6.07) is 11.4. The van der Waals surface area contributed by atoms with E-state index in [4.69, 9.17) is 0 Å². The summed E-state index contributed by atoms with van der Waals surface area (Å²) in [5.41, 5.74) is 2.76. The number of pyridine rings is 1. The summed E-state index contributed by atoms with van der Waals surface area (Å²) in [6.07, 6.45) is 4.23. The van der Waals surface area contributed by atoms with Gasteiger partial charge in [-0.1, -0.05) is 28.1 Å². The highest BCUT2D eigenvalue weighted by atomic mass is 79.9. The van der Waals surface area contributed by atoms with Gasteiger partial charge < -0.3 is 10.4 Å². The normalized spacial score (nSPS) is 18.5. The van der Waals surface area contributed by atoms with Crippen LogP contribution in [0.3, 0.4) is 0 Å². The lowest BCUT2D eigenvalue weighted by Gasteiger charge is -2.26. The highest BCUT2D eigenvalue weighted by molar-refractivity contribution is 9.10. The molecular weight excluding hydrogens is 472 g/mol. The molecule has 0 unspecified atom stereocenters. The number of hydrogen-bond donors (Lipinski definition) is 2. The van der Waals surface area contributed by atoms with Gasteiger partial charge in [0.2, 0.25) is 5.82 Å². The molecule has 1 fully saturated rings. The number of benzene rings is 1. The predicted molar refractivity (Wildman–Crippen MR) is 124 cm³/mol. The molecule has 0 aliphatic heterocycles. The molecule has 168 valence electrons. The summed E-state index contributed by atoms with van der Waals surface area (Å²) < 4.78 is 0.968. The van der Waals surface area contributed by atoms with Gasteiger partial charge in [-0.15, -0.1) is 10.2 Å². The maximum Gasteiger partial charge on any atom is 0.270 e. The van der Waals surface area contributed by atoms with Gasteiger partial charge in [-0.3, -0.25) is 4.79 Å². The molecule has 1 aliphatic rings. The third kappa shape index (κ3) is 5.77. The van der Waals surface area contributed by atoms with E-state index < -0.39 is 0 Å². The van der Waals surface area contributed by atoms with Crippen molar-refractivity contribution in [3.8, 4) is 11.4 Å². The molecule has 2 N–H and O–H groups in total. The van der Waals surface area contributed by atoms with Crippen LogP contribution in [0.5, 0.6) is 0 Å². The molecule has 0 bridgehead atoms. The number of carbonyl (C=O) groups is 1. The molecule has 2 aromatic heterocycles. The van der Waals surface area contributed by atoms with Crippen molar-refractivity contribution in [1.29, 1.82) is 0 Å². The van der Waals surface area contributed by atoms with Crippen LogP contribution in [-0.2, 0) is 13.1 Å². The fraction of sp³-hybridized carbons (Fsp3) is 0.435. The van der Waals surface area contributed by atoms with E-state index in [1.807, 2.05) is 37.3 Å². The zero-order valence-electron chi connectivity index (χ0n) is 18.0. The highest BCUT2D eigenvalue weighted by Gasteiger charge is 2.22. The van der Waals surface area contributed by atoms with Crippen LogP contribution in [0.2, 0.25) is 0 Å². The van der Waals surface area contributed by atoms with Crippen LogP contribution < -0.4 is 5.32 Å². The maximum absolute atomic E-state index is 12.7. The highest BCUT2D eigenvalue weighted by Crippen LogP contribution is 2.29. The first-order valence-corrected chi connectivity index (χ1v) is 11.7. The standard InChI is InChI=1S/C23H27BrN6O2/c1-15-9-19(11-21(26-15)23(32)25-12-18-3-2-4-20(24)10-18)22-27-29-30(28-22)13-16-5-7-17(14-31)8-6-16/h2-4,9-11,16-17,31H,5-8,12-14H2,1H3,(H,25,32)/t16-,17-. The van der Waals surface area contributed by atoms with Crippen molar-refractivity contribution in [2.24, 2.45) is 11.8 Å². The van der Waals surface area contributed by atoms with Crippen LogP contribution in [0.1, 0.15) is 47.4 Å². The van der Waals surface area contributed by atoms with Crippen LogP contribution >= 0.6 is 15.9 Å². The summed E-state index contributed by atoms with van der Waals surface area (Å²) >= 11 is 3.44. The van der Waals surface area contributed by atoms with Crippen molar-refractivity contribution in [2.45, 2.75) is 45.7 Å². The zero-order chi connectivity index (χ0) is 22.5. The number of aliphatic hydroxyl groups is 1. The Hall–Kier alpha value is -2.65. The second kappa shape index (κ2) is 10.3. The largest absolute Gasteiger partial charge is 0.396 e. The molecule has 9 heteroatoms. The molecule has 32 heavy (non-hydrogen) atoms. The second-order valence-corrected chi connectivity index (χ2v) is 9.35. The average Bonchev–Trinajstić information content (AvgIpc) is 3.26. The first-order valence-electron chi connectivity index (χ1n) is 10.9. The summed E-state index contributed by atoms with van der Waals surface area (Å²) in [5.74, 6) is 1.17. The van der Waals surface area contributed by atoms with Gasteiger partial charge in [0.15, 0.2) is 0 Å². The van der Waals surface area contributed by atoms with Gasteiger partial charge in [0.1, 0.15) is 5.69 Å². The first-order chi connectivity index (χ1) is 15.5. The summed E-state index contributed by atoms with van der Waals surface area (Å²) in [4.78, 5) is 18.7. The number of amides is 1. The molecule has 1 amide bonds. The van der Waals surface area contributed by atoms with Crippen LogP contribution in [0.25, 0.3) is 11.4 Å². The Balaban J connectivity index is 1.42. The Kier molecular flexibility index (Phi) is 7.26. The lowest BCUT2D eigenvalue weighted by molar-refractivity contribution is 0.0945. The van der Waals surface area contributed by atoms with Gasteiger partial charge in [-0.25, -0.2) is 4.98 Å². The van der Waals surface area contributed by atoms with E-state index >= 15 is 0 Å². The second-order valence-electron chi connectivity index (χ2n) is 8.43. The van der Waals surface area contributed by atoms with E-state index in [-0.39, 0.29) is 12.5 Å². The lowest BCUT2D eigenvalue weighted by Crippen LogP contribution is -2.24. The van der Waals surface area contributed by atoms with Gasteiger partial charge in [-0.05, 0) is 79.5 Å². The van der Waals surface area contributed by atoms with E-state index in [1.54, 1.807) is 10.9 Å². The van der Waals surface area contributed by atoms with Crippen molar-refractivity contribution in [2.75, 3.05) is 6.61 Å². The number of aryl methyl sites for hydroxylation is 1.